The summed E-state index contributed by atoms with van der Waals surface area (Å²) < 4.78 is 57.1. The molecular formula is C27H26F2N6O2S. The number of nitriles is 2. The highest BCUT2D eigenvalue weighted by atomic mass is 32.2. The minimum absolute atomic E-state index is 0.171. The van der Waals surface area contributed by atoms with Gasteiger partial charge in [-0.1, -0.05) is 0 Å². The molecule has 2 aromatic heterocycles. The van der Waals surface area contributed by atoms with Crippen molar-refractivity contribution in [3.63, 3.8) is 0 Å². The number of nitrogens with two attached hydrogens (primary N) is 1. The van der Waals surface area contributed by atoms with Crippen LogP contribution in [-0.4, -0.2) is 22.8 Å². The Balaban J connectivity index is 0.000000221. The van der Waals surface area contributed by atoms with Crippen molar-refractivity contribution in [2.24, 2.45) is 14.1 Å². The lowest BCUT2D eigenvalue weighted by Crippen LogP contribution is -2.22. The number of halogens is 2. The molecule has 2 heterocycles. The summed E-state index contributed by atoms with van der Waals surface area (Å²) in [6.45, 7) is 3.08. The Bertz CT molecular complexity index is 1670. The predicted octanol–water partition coefficient (Wildman–Crippen LogP) is 5.14. The second-order valence-corrected chi connectivity index (χ2v) is 10.9. The molecule has 0 aliphatic heterocycles. The topological polar surface area (TPSA) is 130 Å². The molecule has 0 aliphatic rings. The number of nitrogens with zero attached hydrogens (tertiary/aromatic N) is 4. The summed E-state index contributed by atoms with van der Waals surface area (Å²) in [5.74, 6) is -0.944. The first-order valence-corrected chi connectivity index (χ1v) is 12.9. The Morgan fingerprint density at radius 1 is 0.816 bits per heavy atom. The molecule has 0 saturated heterocycles. The second kappa shape index (κ2) is 11.2. The molecule has 4 aromatic rings. The quantitative estimate of drug-likeness (QED) is 0.341. The Morgan fingerprint density at radius 3 is 1.68 bits per heavy atom. The van der Waals surface area contributed by atoms with Gasteiger partial charge < -0.3 is 14.9 Å². The van der Waals surface area contributed by atoms with Crippen molar-refractivity contribution in [2.75, 3.05) is 10.5 Å². The van der Waals surface area contributed by atoms with Gasteiger partial charge in [0, 0.05) is 30.9 Å². The van der Waals surface area contributed by atoms with E-state index >= 15 is 0 Å². The first kappa shape index (κ1) is 28.0. The molecule has 2 aromatic carbocycles. The summed E-state index contributed by atoms with van der Waals surface area (Å²) >= 11 is 0. The molecule has 0 spiro atoms. The van der Waals surface area contributed by atoms with Crippen molar-refractivity contribution < 1.29 is 17.2 Å². The van der Waals surface area contributed by atoms with Gasteiger partial charge in [0.05, 0.1) is 22.3 Å². The third-order valence-electron chi connectivity index (χ3n) is 5.87. The molecular weight excluding hydrogens is 510 g/mol. The van der Waals surface area contributed by atoms with Crippen LogP contribution < -0.4 is 10.5 Å². The molecule has 0 atom stereocenters. The number of hydrogen-bond acceptors (Lipinski definition) is 5. The number of hydrogen-bond donors (Lipinski definition) is 2. The number of aromatic nitrogens is 2. The smallest absolute Gasteiger partial charge is 0.235 e. The number of rotatable bonds is 5. The van der Waals surface area contributed by atoms with E-state index in [2.05, 4.69) is 4.72 Å². The summed E-state index contributed by atoms with van der Waals surface area (Å²) in [4.78, 5) is 0. The molecule has 0 bridgehead atoms. The van der Waals surface area contributed by atoms with Crippen molar-refractivity contribution in [3.05, 3.63) is 83.7 Å². The van der Waals surface area contributed by atoms with Crippen molar-refractivity contribution in [2.45, 2.75) is 19.1 Å². The Morgan fingerprint density at radius 2 is 1.29 bits per heavy atom. The van der Waals surface area contributed by atoms with Crippen molar-refractivity contribution >= 4 is 21.4 Å². The number of benzene rings is 2. The highest BCUT2D eigenvalue weighted by Crippen LogP contribution is 2.28. The third-order valence-corrected chi connectivity index (χ3v) is 7.63. The van der Waals surface area contributed by atoms with Crippen LogP contribution in [0.5, 0.6) is 0 Å². The van der Waals surface area contributed by atoms with E-state index in [0.717, 1.165) is 6.07 Å². The van der Waals surface area contributed by atoms with Gasteiger partial charge in [-0.2, -0.15) is 10.5 Å². The maximum atomic E-state index is 14.3. The fourth-order valence-electron chi connectivity index (χ4n) is 3.60. The average molecular weight is 537 g/mol. The van der Waals surface area contributed by atoms with Crippen LogP contribution in [0.2, 0.25) is 0 Å². The zero-order valence-electron chi connectivity index (χ0n) is 21.2. The van der Waals surface area contributed by atoms with Crippen LogP contribution in [0, 0.1) is 34.3 Å². The van der Waals surface area contributed by atoms with Gasteiger partial charge in [0.25, 0.3) is 0 Å². The fraction of sp³-hybridized carbons (Fsp3) is 0.185. The zero-order chi connectivity index (χ0) is 28.2. The monoisotopic (exact) mass is 536 g/mol. The zero-order valence-corrected chi connectivity index (χ0v) is 22.0. The van der Waals surface area contributed by atoms with Gasteiger partial charge in [0.15, 0.2) is 0 Å². The minimum Gasteiger partial charge on any atom is -0.399 e. The fourth-order valence-corrected chi connectivity index (χ4v) is 4.29. The van der Waals surface area contributed by atoms with Crippen LogP contribution in [0.4, 0.5) is 20.2 Å². The van der Waals surface area contributed by atoms with Gasteiger partial charge in [0.1, 0.15) is 35.2 Å². The van der Waals surface area contributed by atoms with E-state index in [-0.39, 0.29) is 11.5 Å². The molecule has 3 N–H and O–H groups in total. The molecule has 11 heteroatoms. The molecule has 38 heavy (non-hydrogen) atoms. The van der Waals surface area contributed by atoms with E-state index < -0.39 is 21.1 Å². The van der Waals surface area contributed by atoms with E-state index in [1.807, 2.05) is 12.1 Å². The van der Waals surface area contributed by atoms with Crippen LogP contribution in [0.1, 0.15) is 25.2 Å². The molecule has 0 fully saturated rings. The third kappa shape index (κ3) is 5.85. The number of sulfonamides is 1. The largest absolute Gasteiger partial charge is 0.399 e. The minimum atomic E-state index is -3.52. The molecule has 0 aliphatic carbocycles. The van der Waals surface area contributed by atoms with Gasteiger partial charge in [0.2, 0.25) is 10.0 Å². The lowest BCUT2D eigenvalue weighted by Gasteiger charge is -2.12. The molecule has 0 unspecified atom stereocenters. The van der Waals surface area contributed by atoms with E-state index in [0.29, 0.717) is 39.6 Å². The summed E-state index contributed by atoms with van der Waals surface area (Å²) in [7, 11) is -0.123. The first-order valence-electron chi connectivity index (χ1n) is 11.4. The molecule has 8 nitrogen and oxygen atoms in total. The van der Waals surface area contributed by atoms with Crippen LogP contribution in [0.3, 0.4) is 0 Å². The molecule has 0 radical (unpaired) electrons. The average Bonchev–Trinajstić information content (AvgIpc) is 3.41. The number of nitrogen functional groups attached to an aromatic ring is 1. The lowest BCUT2D eigenvalue weighted by atomic mass is 10.1. The van der Waals surface area contributed by atoms with Gasteiger partial charge >= 0.3 is 0 Å². The Labute approximate surface area is 220 Å². The van der Waals surface area contributed by atoms with Gasteiger partial charge in [-0.05, 0) is 74.5 Å². The maximum absolute atomic E-state index is 14.3. The van der Waals surface area contributed by atoms with E-state index in [4.69, 9.17) is 16.3 Å². The van der Waals surface area contributed by atoms with E-state index in [1.54, 1.807) is 73.5 Å². The highest BCUT2D eigenvalue weighted by molar-refractivity contribution is 7.93. The van der Waals surface area contributed by atoms with Crippen molar-refractivity contribution in [1.82, 2.24) is 9.13 Å². The van der Waals surface area contributed by atoms with Crippen LogP contribution in [0.25, 0.3) is 22.5 Å². The first-order chi connectivity index (χ1) is 17.9. The van der Waals surface area contributed by atoms with E-state index in [9.17, 15) is 17.2 Å². The lowest BCUT2D eigenvalue weighted by molar-refractivity contribution is 0.592. The van der Waals surface area contributed by atoms with Crippen molar-refractivity contribution in [1.29, 1.82) is 10.5 Å². The van der Waals surface area contributed by atoms with Gasteiger partial charge in [-0.15, -0.1) is 0 Å². The predicted molar refractivity (Wildman–Crippen MR) is 143 cm³/mol. The molecule has 0 saturated carbocycles. The summed E-state index contributed by atoms with van der Waals surface area (Å²) in [6, 6.07) is 19.3. The molecule has 4 rings (SSSR count). The summed E-state index contributed by atoms with van der Waals surface area (Å²) in [5, 5.41) is 17.1. The van der Waals surface area contributed by atoms with Crippen LogP contribution in [0.15, 0.2) is 60.7 Å². The number of anilines is 2. The van der Waals surface area contributed by atoms with Crippen molar-refractivity contribution in [3.8, 4) is 34.7 Å². The Hall–Kier alpha value is -4.61. The Kier molecular flexibility index (Phi) is 8.24. The molecule has 196 valence electrons. The normalized spacial score (nSPS) is 10.9. The second-order valence-electron chi connectivity index (χ2n) is 8.68. The van der Waals surface area contributed by atoms with E-state index in [1.165, 1.54) is 18.2 Å². The standard InChI is InChI=1S/C15H16FN3O2S.C12H10FN3/c1-10(2)22(20,21)18-11-4-6-13(14(16)8-11)15-7-5-12(9-17)19(15)3;1-16-9(7-14)3-5-12(16)10-4-2-8(15)6-11(10)13/h4-8,10,18H,1-3H3;2-6H,15H2,1H3. The van der Waals surface area contributed by atoms with Gasteiger partial charge in [-0.3, -0.25) is 4.72 Å². The van der Waals surface area contributed by atoms with Gasteiger partial charge in [-0.25, -0.2) is 17.2 Å². The van der Waals surface area contributed by atoms with Crippen LogP contribution in [-0.2, 0) is 24.1 Å². The summed E-state index contributed by atoms with van der Waals surface area (Å²) in [6.07, 6.45) is 0. The van der Waals surface area contributed by atoms with Crippen LogP contribution >= 0.6 is 0 Å². The highest BCUT2D eigenvalue weighted by Gasteiger charge is 2.17. The molecule has 0 amide bonds. The maximum Gasteiger partial charge on any atom is 0.235 e. The SMILES string of the molecule is CC(C)S(=O)(=O)Nc1ccc(-c2ccc(C#N)n2C)c(F)c1.Cn1c(C#N)ccc1-c1ccc(N)cc1F. The summed E-state index contributed by atoms with van der Waals surface area (Å²) in [5.41, 5.74) is 8.89. The number of nitrogens with one attached hydrogen (secondary N) is 1.